The van der Waals surface area contributed by atoms with Gasteiger partial charge in [0.25, 0.3) is 0 Å². The molecule has 0 radical (unpaired) electrons. The number of carbonyl (C=O) groups is 2. The first-order valence-electron chi connectivity index (χ1n) is 9.65. The molecule has 5 nitrogen and oxygen atoms in total. The molecule has 1 aliphatic carbocycles. The van der Waals surface area contributed by atoms with E-state index in [1.54, 1.807) is 0 Å². The SMILES string of the molecule is Cc1ccc(-c2csc(NC(=O)[C@H]3CC(=O)N(C4CCCC4)C3)n2)cc1C. The number of anilines is 1. The summed E-state index contributed by atoms with van der Waals surface area (Å²) in [5.74, 6) is -0.242. The quantitative estimate of drug-likeness (QED) is 0.862. The van der Waals surface area contributed by atoms with Crippen LogP contribution in [-0.2, 0) is 9.59 Å². The van der Waals surface area contributed by atoms with Crippen LogP contribution in [0.1, 0.15) is 43.2 Å². The van der Waals surface area contributed by atoms with E-state index in [4.69, 9.17) is 0 Å². The van der Waals surface area contributed by atoms with E-state index in [2.05, 4.69) is 42.3 Å². The molecule has 1 aliphatic heterocycles. The fourth-order valence-corrected chi connectivity index (χ4v) is 4.77. The van der Waals surface area contributed by atoms with Crippen LogP contribution >= 0.6 is 11.3 Å². The van der Waals surface area contributed by atoms with Gasteiger partial charge in [-0.25, -0.2) is 4.98 Å². The number of nitrogens with one attached hydrogen (secondary N) is 1. The van der Waals surface area contributed by atoms with Gasteiger partial charge in [-0.1, -0.05) is 25.0 Å². The zero-order valence-electron chi connectivity index (χ0n) is 15.8. The summed E-state index contributed by atoms with van der Waals surface area (Å²) in [6.07, 6.45) is 4.84. The number of hydrogen-bond donors (Lipinski definition) is 1. The van der Waals surface area contributed by atoms with Gasteiger partial charge in [0.05, 0.1) is 11.6 Å². The van der Waals surface area contributed by atoms with Crippen molar-refractivity contribution in [3.05, 3.63) is 34.7 Å². The lowest BCUT2D eigenvalue weighted by Crippen LogP contribution is -2.35. The van der Waals surface area contributed by atoms with Gasteiger partial charge in [-0.2, -0.15) is 0 Å². The minimum Gasteiger partial charge on any atom is -0.339 e. The molecule has 142 valence electrons. The third kappa shape index (κ3) is 3.76. The highest BCUT2D eigenvalue weighted by Gasteiger charge is 2.38. The van der Waals surface area contributed by atoms with Crippen molar-refractivity contribution in [2.45, 2.75) is 52.0 Å². The van der Waals surface area contributed by atoms with Crippen LogP contribution in [-0.4, -0.2) is 34.3 Å². The monoisotopic (exact) mass is 383 g/mol. The molecular formula is C21H25N3O2S. The molecular weight excluding hydrogens is 358 g/mol. The van der Waals surface area contributed by atoms with Gasteiger partial charge in [0, 0.05) is 30.0 Å². The maximum Gasteiger partial charge on any atom is 0.231 e. The lowest BCUT2D eigenvalue weighted by Gasteiger charge is -2.23. The normalized spacial score (nSPS) is 20.4. The second kappa shape index (κ2) is 7.43. The molecule has 6 heteroatoms. The third-order valence-electron chi connectivity index (χ3n) is 5.83. The number of hydrogen-bond acceptors (Lipinski definition) is 4. The van der Waals surface area contributed by atoms with E-state index in [9.17, 15) is 9.59 Å². The summed E-state index contributed by atoms with van der Waals surface area (Å²) < 4.78 is 0. The number of amides is 2. The van der Waals surface area contributed by atoms with Crippen LogP contribution in [0.25, 0.3) is 11.3 Å². The van der Waals surface area contributed by atoms with Crippen molar-refractivity contribution in [1.29, 1.82) is 0 Å². The van der Waals surface area contributed by atoms with E-state index in [1.807, 2.05) is 10.3 Å². The highest BCUT2D eigenvalue weighted by molar-refractivity contribution is 7.14. The Labute approximate surface area is 163 Å². The summed E-state index contributed by atoms with van der Waals surface area (Å²) in [4.78, 5) is 31.4. The van der Waals surface area contributed by atoms with E-state index in [0.717, 1.165) is 24.1 Å². The Hall–Kier alpha value is -2.21. The largest absolute Gasteiger partial charge is 0.339 e. The first-order chi connectivity index (χ1) is 13.0. The number of benzene rings is 1. The molecule has 2 amide bonds. The van der Waals surface area contributed by atoms with Crippen LogP contribution in [0.5, 0.6) is 0 Å². The summed E-state index contributed by atoms with van der Waals surface area (Å²) in [6.45, 7) is 4.72. The van der Waals surface area contributed by atoms with Gasteiger partial charge >= 0.3 is 0 Å². The Bertz CT molecular complexity index is 870. The fraction of sp³-hybridized carbons (Fsp3) is 0.476. The van der Waals surface area contributed by atoms with Crippen molar-refractivity contribution in [2.24, 2.45) is 5.92 Å². The molecule has 0 unspecified atom stereocenters. The third-order valence-corrected chi connectivity index (χ3v) is 6.59. The molecule has 4 rings (SSSR count). The Balaban J connectivity index is 1.41. The van der Waals surface area contributed by atoms with Crippen LogP contribution in [0.3, 0.4) is 0 Å². The highest BCUT2D eigenvalue weighted by Crippen LogP contribution is 2.31. The summed E-state index contributed by atoms with van der Waals surface area (Å²) in [5, 5.41) is 5.48. The van der Waals surface area contributed by atoms with Gasteiger partial charge in [-0.05, 0) is 43.9 Å². The van der Waals surface area contributed by atoms with Gasteiger partial charge in [0.2, 0.25) is 11.8 Å². The minimum atomic E-state index is -0.271. The maximum absolute atomic E-state index is 12.6. The lowest BCUT2D eigenvalue weighted by molar-refractivity contribution is -0.129. The van der Waals surface area contributed by atoms with Crippen LogP contribution in [0.4, 0.5) is 5.13 Å². The maximum atomic E-state index is 12.6. The van der Waals surface area contributed by atoms with Crippen LogP contribution in [0, 0.1) is 19.8 Å². The molecule has 1 saturated heterocycles. The summed E-state index contributed by atoms with van der Waals surface area (Å²) in [6, 6.07) is 6.60. The van der Waals surface area contributed by atoms with Crippen molar-refractivity contribution < 1.29 is 9.59 Å². The molecule has 27 heavy (non-hydrogen) atoms. The molecule has 1 aromatic carbocycles. The van der Waals surface area contributed by atoms with Gasteiger partial charge in [0.1, 0.15) is 0 Å². The van der Waals surface area contributed by atoms with E-state index in [0.29, 0.717) is 24.1 Å². The second-order valence-electron chi connectivity index (χ2n) is 7.71. The average Bonchev–Trinajstić information content (AvgIpc) is 3.37. The van der Waals surface area contributed by atoms with E-state index >= 15 is 0 Å². The predicted octanol–water partition coefficient (Wildman–Crippen LogP) is 4.16. The standard InChI is InChI=1S/C21H25N3O2S/c1-13-7-8-15(9-14(13)2)18-12-27-21(22-18)23-20(26)16-10-19(25)24(11-16)17-5-3-4-6-17/h7-9,12,16-17H,3-6,10-11H2,1-2H3,(H,22,23,26)/t16-/m0/s1. The first-order valence-corrected chi connectivity index (χ1v) is 10.5. The molecule has 1 atom stereocenters. The summed E-state index contributed by atoms with van der Waals surface area (Å²) >= 11 is 1.43. The van der Waals surface area contributed by atoms with Gasteiger partial charge in [-0.15, -0.1) is 11.3 Å². The Morgan fingerprint density at radius 3 is 2.74 bits per heavy atom. The molecule has 0 bridgehead atoms. The summed E-state index contributed by atoms with van der Waals surface area (Å²) in [7, 11) is 0. The minimum absolute atomic E-state index is 0.0927. The molecule has 2 heterocycles. The smallest absolute Gasteiger partial charge is 0.231 e. The predicted molar refractivity (Wildman–Crippen MR) is 108 cm³/mol. The highest BCUT2D eigenvalue weighted by atomic mass is 32.1. The van der Waals surface area contributed by atoms with Gasteiger partial charge in [0.15, 0.2) is 5.13 Å². The fourth-order valence-electron chi connectivity index (χ4n) is 4.05. The summed E-state index contributed by atoms with van der Waals surface area (Å²) in [5.41, 5.74) is 4.40. The van der Waals surface area contributed by atoms with Crippen LogP contribution < -0.4 is 5.32 Å². The number of aryl methyl sites for hydroxylation is 2. The lowest BCUT2D eigenvalue weighted by atomic mass is 10.1. The second-order valence-corrected chi connectivity index (χ2v) is 8.57. The molecule has 1 saturated carbocycles. The van der Waals surface area contributed by atoms with E-state index < -0.39 is 0 Å². The number of thiazole rings is 1. The number of carbonyl (C=O) groups excluding carboxylic acids is 2. The number of rotatable bonds is 4. The molecule has 1 N–H and O–H groups in total. The van der Waals surface area contributed by atoms with Crippen molar-refractivity contribution >= 4 is 28.3 Å². The molecule has 2 fully saturated rings. The Morgan fingerprint density at radius 2 is 2.00 bits per heavy atom. The van der Waals surface area contributed by atoms with Crippen molar-refractivity contribution in [3.8, 4) is 11.3 Å². The molecule has 0 spiro atoms. The number of aromatic nitrogens is 1. The van der Waals surface area contributed by atoms with Crippen LogP contribution in [0.2, 0.25) is 0 Å². The van der Waals surface area contributed by atoms with Crippen molar-refractivity contribution in [1.82, 2.24) is 9.88 Å². The Morgan fingerprint density at radius 1 is 1.22 bits per heavy atom. The van der Waals surface area contributed by atoms with E-state index in [1.165, 1.54) is 35.3 Å². The van der Waals surface area contributed by atoms with Crippen molar-refractivity contribution in [3.63, 3.8) is 0 Å². The van der Waals surface area contributed by atoms with Gasteiger partial charge < -0.3 is 10.2 Å². The average molecular weight is 384 g/mol. The zero-order chi connectivity index (χ0) is 19.0. The number of likely N-dealkylation sites (tertiary alicyclic amines) is 1. The van der Waals surface area contributed by atoms with Crippen LogP contribution in [0.15, 0.2) is 23.6 Å². The topological polar surface area (TPSA) is 62.3 Å². The molecule has 1 aromatic heterocycles. The Kier molecular flexibility index (Phi) is 5.00. The van der Waals surface area contributed by atoms with E-state index in [-0.39, 0.29) is 17.7 Å². The molecule has 2 aromatic rings. The van der Waals surface area contributed by atoms with Crippen molar-refractivity contribution in [2.75, 3.05) is 11.9 Å². The first kappa shape index (κ1) is 18.2. The zero-order valence-corrected chi connectivity index (χ0v) is 16.6. The van der Waals surface area contributed by atoms with Gasteiger partial charge in [-0.3, -0.25) is 9.59 Å². The molecule has 2 aliphatic rings. The number of nitrogens with zero attached hydrogens (tertiary/aromatic N) is 2.